The Morgan fingerprint density at radius 2 is 2.22 bits per heavy atom. The summed E-state index contributed by atoms with van der Waals surface area (Å²) < 4.78 is 13.6. The molecule has 0 aliphatic rings. The van der Waals surface area contributed by atoms with Crippen LogP contribution in [0.2, 0.25) is 0 Å². The molecule has 0 aliphatic heterocycles. The van der Waals surface area contributed by atoms with Gasteiger partial charge in [0, 0.05) is 11.6 Å². The summed E-state index contributed by atoms with van der Waals surface area (Å²) >= 11 is 1.21. The van der Waals surface area contributed by atoms with Crippen LogP contribution in [0.5, 0.6) is 0 Å². The second kappa shape index (κ2) is 4.73. The molecule has 1 aromatic carbocycles. The highest BCUT2D eigenvalue weighted by molar-refractivity contribution is 7.09. The van der Waals surface area contributed by atoms with Gasteiger partial charge in [0.1, 0.15) is 10.8 Å². The maximum atomic E-state index is 13.6. The molecule has 1 heterocycles. The van der Waals surface area contributed by atoms with E-state index in [1.807, 2.05) is 0 Å². The SMILES string of the molecule is CC(Nc1ccccc1F)(C(=O)O)c1nccs1. The Morgan fingerprint density at radius 1 is 1.50 bits per heavy atom. The highest BCUT2D eigenvalue weighted by Gasteiger charge is 2.38. The second-order valence-corrected chi connectivity index (χ2v) is 4.77. The van der Waals surface area contributed by atoms with Gasteiger partial charge in [0.2, 0.25) is 0 Å². The number of aromatic nitrogens is 1. The predicted molar refractivity (Wildman–Crippen MR) is 67.1 cm³/mol. The fourth-order valence-corrected chi connectivity index (χ4v) is 2.25. The van der Waals surface area contributed by atoms with Crippen LogP contribution in [0.4, 0.5) is 10.1 Å². The van der Waals surface area contributed by atoms with Crippen LogP contribution in [-0.2, 0) is 10.3 Å². The molecule has 4 nitrogen and oxygen atoms in total. The summed E-state index contributed by atoms with van der Waals surface area (Å²) in [5, 5.41) is 14.1. The van der Waals surface area contributed by atoms with Crippen molar-refractivity contribution in [2.75, 3.05) is 5.32 Å². The third kappa shape index (κ3) is 2.19. The van der Waals surface area contributed by atoms with Gasteiger partial charge in [-0.05, 0) is 19.1 Å². The van der Waals surface area contributed by atoms with Gasteiger partial charge in [0.05, 0.1) is 5.69 Å². The zero-order valence-electron chi connectivity index (χ0n) is 9.55. The number of benzene rings is 1. The monoisotopic (exact) mass is 266 g/mol. The lowest BCUT2D eigenvalue weighted by Gasteiger charge is -2.25. The Hall–Kier alpha value is -1.95. The van der Waals surface area contributed by atoms with E-state index in [0.717, 1.165) is 0 Å². The summed E-state index contributed by atoms with van der Waals surface area (Å²) in [5.74, 6) is -1.61. The van der Waals surface area contributed by atoms with Crippen LogP contribution in [0, 0.1) is 5.82 Å². The van der Waals surface area contributed by atoms with E-state index in [1.54, 1.807) is 17.5 Å². The topological polar surface area (TPSA) is 62.2 Å². The number of carboxylic acid groups (broad SMARTS) is 1. The number of aliphatic carboxylic acids is 1. The number of anilines is 1. The van der Waals surface area contributed by atoms with E-state index in [4.69, 9.17) is 0 Å². The quantitative estimate of drug-likeness (QED) is 0.893. The lowest BCUT2D eigenvalue weighted by molar-refractivity contribution is -0.142. The third-order valence-corrected chi connectivity index (χ3v) is 3.54. The molecule has 2 rings (SSSR count). The predicted octanol–water partition coefficient (Wildman–Crippen LogP) is 2.69. The molecule has 1 unspecified atom stereocenters. The fourth-order valence-electron chi connectivity index (χ4n) is 1.50. The zero-order chi connectivity index (χ0) is 13.2. The van der Waals surface area contributed by atoms with Crippen LogP contribution in [0.15, 0.2) is 35.8 Å². The van der Waals surface area contributed by atoms with Crippen molar-refractivity contribution in [3.8, 4) is 0 Å². The highest BCUT2D eigenvalue weighted by Crippen LogP contribution is 2.29. The summed E-state index contributed by atoms with van der Waals surface area (Å²) in [5.41, 5.74) is -1.31. The summed E-state index contributed by atoms with van der Waals surface area (Å²) in [7, 11) is 0. The van der Waals surface area contributed by atoms with E-state index in [-0.39, 0.29) is 5.69 Å². The second-order valence-electron chi connectivity index (χ2n) is 3.87. The molecular weight excluding hydrogens is 255 g/mol. The maximum absolute atomic E-state index is 13.6. The molecule has 0 amide bonds. The minimum absolute atomic E-state index is 0.137. The molecule has 0 saturated heterocycles. The number of carboxylic acids is 1. The van der Waals surface area contributed by atoms with Gasteiger partial charge in [0.15, 0.2) is 5.54 Å². The molecule has 1 aromatic heterocycles. The van der Waals surface area contributed by atoms with Crippen LogP contribution >= 0.6 is 11.3 Å². The van der Waals surface area contributed by atoms with Gasteiger partial charge in [-0.2, -0.15) is 0 Å². The number of hydrogen-bond acceptors (Lipinski definition) is 4. The number of thiazole rings is 1. The standard InChI is InChI=1S/C12H11FN2O2S/c1-12(11(16)17,10-14-6-7-18-10)15-9-5-3-2-4-8(9)13/h2-7,15H,1H3,(H,16,17). The lowest BCUT2D eigenvalue weighted by Crippen LogP contribution is -2.40. The van der Waals surface area contributed by atoms with Crippen LogP contribution in [0.25, 0.3) is 0 Å². The minimum atomic E-state index is -1.45. The van der Waals surface area contributed by atoms with Crippen molar-refractivity contribution in [2.24, 2.45) is 0 Å². The van der Waals surface area contributed by atoms with Gasteiger partial charge in [-0.1, -0.05) is 12.1 Å². The first-order valence-electron chi connectivity index (χ1n) is 5.20. The van der Waals surface area contributed by atoms with Crippen molar-refractivity contribution in [1.82, 2.24) is 4.98 Å². The maximum Gasteiger partial charge on any atom is 0.336 e. The van der Waals surface area contributed by atoms with E-state index in [1.165, 1.54) is 36.6 Å². The van der Waals surface area contributed by atoms with E-state index in [0.29, 0.717) is 5.01 Å². The molecule has 0 bridgehead atoms. The van der Waals surface area contributed by atoms with Crippen molar-refractivity contribution in [3.05, 3.63) is 46.7 Å². The normalized spacial score (nSPS) is 13.9. The summed E-state index contributed by atoms with van der Waals surface area (Å²) in [6.45, 7) is 1.46. The molecule has 2 aromatic rings. The van der Waals surface area contributed by atoms with Gasteiger partial charge < -0.3 is 10.4 Å². The van der Waals surface area contributed by atoms with Crippen molar-refractivity contribution in [3.63, 3.8) is 0 Å². The first kappa shape index (κ1) is 12.5. The molecule has 94 valence electrons. The van der Waals surface area contributed by atoms with E-state index in [9.17, 15) is 14.3 Å². The average Bonchev–Trinajstić information content (AvgIpc) is 2.86. The first-order valence-corrected chi connectivity index (χ1v) is 6.08. The Balaban J connectivity index is 2.39. The smallest absolute Gasteiger partial charge is 0.336 e. The van der Waals surface area contributed by atoms with E-state index in [2.05, 4.69) is 10.3 Å². The van der Waals surface area contributed by atoms with Crippen molar-refractivity contribution in [1.29, 1.82) is 0 Å². The molecule has 0 spiro atoms. The average molecular weight is 266 g/mol. The molecule has 18 heavy (non-hydrogen) atoms. The van der Waals surface area contributed by atoms with Crippen molar-refractivity contribution in [2.45, 2.75) is 12.5 Å². The highest BCUT2D eigenvalue weighted by atomic mass is 32.1. The molecule has 0 aliphatic carbocycles. The number of nitrogens with zero attached hydrogens (tertiary/aromatic N) is 1. The van der Waals surface area contributed by atoms with Crippen LogP contribution in [0.1, 0.15) is 11.9 Å². The van der Waals surface area contributed by atoms with Gasteiger partial charge in [-0.3, -0.25) is 0 Å². The molecule has 6 heteroatoms. The molecule has 0 saturated carbocycles. The molecular formula is C12H11FN2O2S. The number of hydrogen-bond donors (Lipinski definition) is 2. The first-order chi connectivity index (χ1) is 8.54. The van der Waals surface area contributed by atoms with Crippen LogP contribution in [-0.4, -0.2) is 16.1 Å². The summed E-state index contributed by atoms with van der Waals surface area (Å²) in [4.78, 5) is 15.4. The molecule has 1 atom stereocenters. The molecule has 0 radical (unpaired) electrons. The third-order valence-electron chi connectivity index (χ3n) is 2.55. The number of nitrogens with one attached hydrogen (secondary N) is 1. The lowest BCUT2D eigenvalue weighted by atomic mass is 10.0. The van der Waals surface area contributed by atoms with Crippen molar-refractivity contribution >= 4 is 23.0 Å². The number of halogens is 1. The molecule has 0 fully saturated rings. The summed E-state index contributed by atoms with van der Waals surface area (Å²) in [6.07, 6.45) is 1.52. The van der Waals surface area contributed by atoms with E-state index >= 15 is 0 Å². The van der Waals surface area contributed by atoms with Gasteiger partial charge in [0.25, 0.3) is 0 Å². The Morgan fingerprint density at radius 3 is 2.78 bits per heavy atom. The Labute approximate surface area is 107 Å². The number of carbonyl (C=O) groups is 1. The van der Waals surface area contributed by atoms with Gasteiger partial charge >= 0.3 is 5.97 Å². The Bertz CT molecular complexity index is 559. The van der Waals surface area contributed by atoms with Crippen molar-refractivity contribution < 1.29 is 14.3 Å². The zero-order valence-corrected chi connectivity index (χ0v) is 10.4. The van der Waals surface area contributed by atoms with Gasteiger partial charge in [-0.25, -0.2) is 14.2 Å². The van der Waals surface area contributed by atoms with Crippen LogP contribution in [0.3, 0.4) is 0 Å². The minimum Gasteiger partial charge on any atom is -0.479 e. The molecule has 2 N–H and O–H groups in total. The Kier molecular flexibility index (Phi) is 3.29. The summed E-state index contributed by atoms with van der Waals surface area (Å²) in [6, 6.07) is 5.94. The van der Waals surface area contributed by atoms with E-state index < -0.39 is 17.3 Å². The van der Waals surface area contributed by atoms with Crippen LogP contribution < -0.4 is 5.32 Å². The number of rotatable bonds is 4. The number of para-hydroxylation sites is 1. The van der Waals surface area contributed by atoms with Gasteiger partial charge in [-0.15, -0.1) is 11.3 Å². The largest absolute Gasteiger partial charge is 0.479 e. The fraction of sp³-hybridized carbons (Fsp3) is 0.167.